The Kier molecular flexibility index (Phi) is 3.14. The maximum absolute atomic E-state index is 11.3. The van der Waals surface area contributed by atoms with Crippen LogP contribution in [0.5, 0.6) is 5.75 Å². The molecule has 1 aliphatic rings. The molecule has 1 fully saturated rings. The van der Waals surface area contributed by atoms with Crippen LogP contribution in [-0.4, -0.2) is 33.1 Å². The number of nitrogens with two attached hydrogens (primary N) is 1. The van der Waals surface area contributed by atoms with Crippen LogP contribution in [0.15, 0.2) is 24.3 Å². The topological polar surface area (TPSA) is 69.4 Å². The summed E-state index contributed by atoms with van der Waals surface area (Å²) in [5.74, 6) is 1.11. The lowest BCUT2D eigenvalue weighted by atomic mass is 9.83. The molecule has 1 aliphatic heterocycles. The van der Waals surface area contributed by atoms with Gasteiger partial charge in [0.25, 0.3) is 0 Å². The van der Waals surface area contributed by atoms with Gasteiger partial charge in [-0.1, -0.05) is 12.1 Å². The molecular weight excluding hydrogens is 238 g/mol. The Hall–Kier alpha value is -1.07. The normalized spacial score (nSPS) is 20.6. The molecular formula is C12H17NO3S. The van der Waals surface area contributed by atoms with Gasteiger partial charge in [-0.3, -0.25) is 0 Å². The van der Waals surface area contributed by atoms with Crippen LogP contribution in [0.3, 0.4) is 0 Å². The molecule has 94 valence electrons. The van der Waals surface area contributed by atoms with Gasteiger partial charge in [-0.05, 0) is 24.6 Å². The van der Waals surface area contributed by atoms with E-state index in [2.05, 4.69) is 0 Å². The van der Waals surface area contributed by atoms with E-state index in [9.17, 15) is 8.42 Å². The molecule has 1 aromatic carbocycles. The van der Waals surface area contributed by atoms with Crippen molar-refractivity contribution in [2.75, 3.05) is 24.7 Å². The zero-order valence-corrected chi connectivity index (χ0v) is 10.7. The summed E-state index contributed by atoms with van der Waals surface area (Å²) in [6, 6.07) is 7.54. The van der Waals surface area contributed by atoms with E-state index in [1.54, 1.807) is 0 Å². The van der Waals surface area contributed by atoms with E-state index in [1.807, 2.05) is 31.2 Å². The maximum Gasteiger partial charge on any atom is 0.152 e. The molecule has 0 saturated carbocycles. The van der Waals surface area contributed by atoms with Crippen molar-refractivity contribution in [2.45, 2.75) is 12.3 Å². The molecule has 0 bridgehead atoms. The summed E-state index contributed by atoms with van der Waals surface area (Å²) >= 11 is 0. The van der Waals surface area contributed by atoms with Gasteiger partial charge in [-0.2, -0.15) is 0 Å². The van der Waals surface area contributed by atoms with Gasteiger partial charge in [0.1, 0.15) is 5.75 Å². The molecule has 0 aromatic heterocycles. The summed E-state index contributed by atoms with van der Waals surface area (Å²) in [4.78, 5) is 0. The molecule has 2 rings (SSSR count). The average molecular weight is 255 g/mol. The van der Waals surface area contributed by atoms with E-state index in [-0.39, 0.29) is 16.9 Å². The number of hydrogen-bond acceptors (Lipinski definition) is 4. The van der Waals surface area contributed by atoms with Crippen LogP contribution < -0.4 is 10.5 Å². The molecule has 0 amide bonds. The molecule has 1 heterocycles. The highest BCUT2D eigenvalue weighted by molar-refractivity contribution is 7.93. The van der Waals surface area contributed by atoms with Crippen LogP contribution in [0.1, 0.15) is 12.5 Å². The minimum Gasteiger partial charge on any atom is -0.494 e. The Balaban J connectivity index is 2.22. The molecule has 4 nitrogen and oxygen atoms in total. The Labute approximate surface area is 102 Å². The third-order valence-corrected chi connectivity index (χ3v) is 5.15. The fourth-order valence-electron chi connectivity index (χ4n) is 2.27. The molecule has 1 saturated heterocycles. The summed E-state index contributed by atoms with van der Waals surface area (Å²) in [6.45, 7) is 2.91. The third kappa shape index (κ3) is 2.30. The summed E-state index contributed by atoms with van der Waals surface area (Å²) in [5, 5.41) is 0. The van der Waals surface area contributed by atoms with E-state index in [1.165, 1.54) is 0 Å². The van der Waals surface area contributed by atoms with Crippen molar-refractivity contribution in [1.29, 1.82) is 0 Å². The summed E-state index contributed by atoms with van der Waals surface area (Å²) in [7, 11) is -2.88. The van der Waals surface area contributed by atoms with Gasteiger partial charge in [0.2, 0.25) is 0 Å². The van der Waals surface area contributed by atoms with Crippen LogP contribution in [-0.2, 0) is 15.3 Å². The Morgan fingerprint density at radius 2 is 1.88 bits per heavy atom. The van der Waals surface area contributed by atoms with Crippen LogP contribution >= 0.6 is 0 Å². The van der Waals surface area contributed by atoms with E-state index >= 15 is 0 Å². The summed E-state index contributed by atoms with van der Waals surface area (Å²) in [6.07, 6.45) is 0. The predicted molar refractivity (Wildman–Crippen MR) is 67.0 cm³/mol. The fraction of sp³-hybridized carbons (Fsp3) is 0.500. The van der Waals surface area contributed by atoms with Crippen molar-refractivity contribution in [3.63, 3.8) is 0 Å². The lowest BCUT2D eigenvalue weighted by Crippen LogP contribution is -2.56. The van der Waals surface area contributed by atoms with Crippen molar-refractivity contribution in [1.82, 2.24) is 0 Å². The highest BCUT2D eigenvalue weighted by Gasteiger charge is 2.48. The monoisotopic (exact) mass is 255 g/mol. The first-order chi connectivity index (χ1) is 8.01. The average Bonchev–Trinajstić information content (AvgIpc) is 2.27. The summed E-state index contributed by atoms with van der Waals surface area (Å²) < 4.78 is 28.0. The number of benzene rings is 1. The van der Waals surface area contributed by atoms with E-state index in [4.69, 9.17) is 10.5 Å². The van der Waals surface area contributed by atoms with Gasteiger partial charge >= 0.3 is 0 Å². The standard InChI is InChI=1S/C12H17NO3S/c1-2-16-11-5-3-10(4-6-11)12(7-13)8-17(14,15)9-12/h3-6H,2,7-9,13H2,1H3. The van der Waals surface area contributed by atoms with Crippen LogP contribution in [0, 0.1) is 0 Å². The molecule has 0 radical (unpaired) electrons. The number of hydrogen-bond donors (Lipinski definition) is 1. The molecule has 0 spiro atoms. The van der Waals surface area contributed by atoms with Gasteiger partial charge in [-0.25, -0.2) is 8.42 Å². The highest BCUT2D eigenvalue weighted by Crippen LogP contribution is 2.36. The fourth-order valence-corrected chi connectivity index (χ4v) is 4.44. The third-order valence-electron chi connectivity index (χ3n) is 3.16. The largest absolute Gasteiger partial charge is 0.494 e. The van der Waals surface area contributed by atoms with Crippen LogP contribution in [0.4, 0.5) is 0 Å². The minimum atomic E-state index is -2.88. The Morgan fingerprint density at radius 1 is 1.29 bits per heavy atom. The van der Waals surface area contributed by atoms with Gasteiger partial charge in [0, 0.05) is 12.0 Å². The van der Waals surface area contributed by atoms with Crippen molar-refractivity contribution >= 4 is 9.84 Å². The van der Waals surface area contributed by atoms with Crippen molar-refractivity contribution in [3.05, 3.63) is 29.8 Å². The van der Waals surface area contributed by atoms with Crippen molar-refractivity contribution < 1.29 is 13.2 Å². The molecule has 5 heteroatoms. The molecule has 0 aliphatic carbocycles. The Bertz CT molecular complexity index is 481. The number of sulfone groups is 1. The van der Waals surface area contributed by atoms with Crippen molar-refractivity contribution in [3.8, 4) is 5.75 Å². The zero-order chi connectivity index (χ0) is 12.5. The number of ether oxygens (including phenoxy) is 1. The molecule has 2 N–H and O–H groups in total. The Morgan fingerprint density at radius 3 is 2.29 bits per heavy atom. The minimum absolute atomic E-state index is 0.157. The molecule has 17 heavy (non-hydrogen) atoms. The lowest BCUT2D eigenvalue weighted by Gasteiger charge is -2.40. The van der Waals surface area contributed by atoms with Gasteiger partial charge in [0.15, 0.2) is 9.84 Å². The second kappa shape index (κ2) is 4.31. The first kappa shape index (κ1) is 12.4. The first-order valence-corrected chi connectivity index (χ1v) is 7.47. The lowest BCUT2D eigenvalue weighted by molar-refractivity contribution is 0.340. The second-order valence-electron chi connectivity index (χ2n) is 4.47. The molecule has 0 atom stereocenters. The maximum atomic E-state index is 11.3. The van der Waals surface area contributed by atoms with Crippen LogP contribution in [0.25, 0.3) is 0 Å². The predicted octanol–water partition coefficient (Wildman–Crippen LogP) is 0.710. The molecule has 0 unspecified atom stereocenters. The van der Waals surface area contributed by atoms with E-state index in [0.717, 1.165) is 11.3 Å². The summed E-state index contributed by atoms with van der Waals surface area (Å²) in [5.41, 5.74) is 6.32. The highest BCUT2D eigenvalue weighted by atomic mass is 32.2. The van der Waals surface area contributed by atoms with E-state index in [0.29, 0.717) is 13.2 Å². The zero-order valence-electron chi connectivity index (χ0n) is 9.85. The quantitative estimate of drug-likeness (QED) is 0.860. The smallest absolute Gasteiger partial charge is 0.152 e. The SMILES string of the molecule is CCOc1ccc(C2(CN)CS(=O)(=O)C2)cc1. The molecule has 1 aromatic rings. The van der Waals surface area contributed by atoms with Gasteiger partial charge in [-0.15, -0.1) is 0 Å². The van der Waals surface area contributed by atoms with Gasteiger partial charge < -0.3 is 10.5 Å². The van der Waals surface area contributed by atoms with E-state index < -0.39 is 9.84 Å². The number of rotatable bonds is 4. The first-order valence-electron chi connectivity index (χ1n) is 5.65. The second-order valence-corrected chi connectivity index (χ2v) is 6.54. The van der Waals surface area contributed by atoms with Crippen molar-refractivity contribution in [2.24, 2.45) is 5.73 Å². The van der Waals surface area contributed by atoms with Gasteiger partial charge in [0.05, 0.1) is 18.1 Å². The van der Waals surface area contributed by atoms with Crippen LogP contribution in [0.2, 0.25) is 0 Å².